The van der Waals surface area contributed by atoms with Gasteiger partial charge in [-0.25, -0.2) is 0 Å². The molecule has 2 rings (SSSR count). The summed E-state index contributed by atoms with van der Waals surface area (Å²) in [7, 11) is 0. The van der Waals surface area contributed by atoms with E-state index in [9.17, 15) is 4.79 Å². The third kappa shape index (κ3) is 2.99. The molecule has 0 saturated carbocycles. The third-order valence-electron chi connectivity index (χ3n) is 3.25. The number of carboxylic acid groups (broad SMARTS) is 1. The average molecular weight is 300 g/mol. The molecule has 1 heterocycles. The molecule has 20 heavy (non-hydrogen) atoms. The molecule has 1 aliphatic heterocycles. The van der Waals surface area contributed by atoms with Crippen LogP contribution in [0.3, 0.4) is 0 Å². The lowest BCUT2D eigenvalue weighted by Gasteiger charge is -2.21. The number of hydrogen-bond acceptors (Lipinski definition) is 4. The first kappa shape index (κ1) is 14.9. The first-order chi connectivity index (χ1) is 9.54. The van der Waals surface area contributed by atoms with Crippen LogP contribution in [-0.4, -0.2) is 24.3 Å². The first-order valence-electron chi connectivity index (χ1n) is 6.62. The van der Waals surface area contributed by atoms with Crippen molar-refractivity contribution in [1.29, 1.82) is 0 Å². The molecule has 0 aromatic heterocycles. The first-order valence-corrected chi connectivity index (χ1v) is 7.00. The molecule has 0 amide bonds. The van der Waals surface area contributed by atoms with Crippen molar-refractivity contribution in [2.24, 2.45) is 5.73 Å². The normalized spacial score (nSPS) is 15.6. The fourth-order valence-electron chi connectivity index (χ4n) is 2.40. The molecule has 1 aromatic carbocycles. The summed E-state index contributed by atoms with van der Waals surface area (Å²) in [6, 6.07) is 1.01. The Morgan fingerprint density at radius 2 is 2.20 bits per heavy atom. The van der Waals surface area contributed by atoms with Crippen molar-refractivity contribution in [1.82, 2.24) is 0 Å². The molecule has 5 nitrogen and oxygen atoms in total. The van der Waals surface area contributed by atoms with Gasteiger partial charge in [0.25, 0.3) is 0 Å². The van der Waals surface area contributed by atoms with Crippen LogP contribution in [-0.2, 0) is 11.2 Å². The van der Waals surface area contributed by atoms with Crippen LogP contribution in [0.15, 0.2) is 6.07 Å². The van der Waals surface area contributed by atoms with Crippen molar-refractivity contribution in [3.05, 3.63) is 22.2 Å². The Hall–Kier alpha value is -1.46. The Morgan fingerprint density at radius 3 is 2.85 bits per heavy atom. The van der Waals surface area contributed by atoms with Gasteiger partial charge in [0.1, 0.15) is 0 Å². The van der Waals surface area contributed by atoms with E-state index in [0.29, 0.717) is 41.7 Å². The van der Waals surface area contributed by atoms with Crippen molar-refractivity contribution in [3.8, 4) is 11.5 Å². The van der Waals surface area contributed by atoms with Gasteiger partial charge < -0.3 is 20.3 Å². The van der Waals surface area contributed by atoms with Gasteiger partial charge in [0.15, 0.2) is 11.5 Å². The van der Waals surface area contributed by atoms with Crippen molar-refractivity contribution < 1.29 is 19.4 Å². The highest BCUT2D eigenvalue weighted by atomic mass is 35.5. The fraction of sp³-hybridized carbons (Fsp3) is 0.500. The summed E-state index contributed by atoms with van der Waals surface area (Å²) >= 11 is 6.27. The maximum absolute atomic E-state index is 10.9. The molecule has 110 valence electrons. The second-order valence-electron chi connectivity index (χ2n) is 4.69. The fourth-order valence-corrected chi connectivity index (χ4v) is 2.75. The van der Waals surface area contributed by atoms with Gasteiger partial charge >= 0.3 is 5.97 Å². The number of carbonyl (C=O) groups is 1. The number of fused-ring (bicyclic) bond motifs is 1. The van der Waals surface area contributed by atoms with Crippen LogP contribution in [0.2, 0.25) is 5.02 Å². The number of nitrogens with two attached hydrogens (primary N) is 1. The number of benzene rings is 1. The molecule has 0 radical (unpaired) electrons. The highest BCUT2D eigenvalue weighted by molar-refractivity contribution is 6.31. The number of hydrogen-bond donors (Lipinski definition) is 2. The smallest absolute Gasteiger partial charge is 0.305 e. The largest absolute Gasteiger partial charge is 0.489 e. The molecular formula is C14H18ClNO4. The van der Waals surface area contributed by atoms with Crippen LogP contribution < -0.4 is 15.2 Å². The zero-order valence-electron chi connectivity index (χ0n) is 11.3. The highest BCUT2D eigenvalue weighted by Crippen LogP contribution is 2.42. The number of ether oxygens (including phenoxy) is 2. The van der Waals surface area contributed by atoms with E-state index < -0.39 is 12.0 Å². The zero-order chi connectivity index (χ0) is 14.7. The molecule has 1 aromatic rings. The Labute approximate surface area is 122 Å². The van der Waals surface area contributed by atoms with Gasteiger partial charge in [-0.2, -0.15) is 0 Å². The maximum Gasteiger partial charge on any atom is 0.305 e. The standard InChI is InChI=1S/C14H18ClNO4/c1-2-8-13(10(16)7-12(17)18)9(15)6-11-14(8)20-5-3-4-19-11/h6,10H,2-5,7,16H2,1H3,(H,17,18). The molecule has 6 heteroatoms. The lowest BCUT2D eigenvalue weighted by Crippen LogP contribution is -2.18. The zero-order valence-corrected chi connectivity index (χ0v) is 12.1. The van der Waals surface area contributed by atoms with E-state index in [1.807, 2.05) is 6.92 Å². The summed E-state index contributed by atoms with van der Waals surface area (Å²) in [6.07, 6.45) is 1.27. The van der Waals surface area contributed by atoms with Crippen molar-refractivity contribution >= 4 is 17.6 Å². The second-order valence-corrected chi connectivity index (χ2v) is 5.09. The highest BCUT2D eigenvalue weighted by Gasteiger charge is 2.24. The molecule has 0 fully saturated rings. The van der Waals surface area contributed by atoms with E-state index in [1.54, 1.807) is 6.07 Å². The van der Waals surface area contributed by atoms with Crippen LogP contribution in [0.5, 0.6) is 11.5 Å². The Balaban J connectivity index is 2.50. The predicted molar refractivity (Wildman–Crippen MR) is 75.6 cm³/mol. The Bertz CT molecular complexity index is 518. The minimum absolute atomic E-state index is 0.174. The summed E-state index contributed by atoms with van der Waals surface area (Å²) in [4.78, 5) is 10.9. The van der Waals surface area contributed by atoms with Gasteiger partial charge in [-0.05, 0) is 12.0 Å². The van der Waals surface area contributed by atoms with E-state index in [4.69, 9.17) is 31.9 Å². The summed E-state index contributed by atoms with van der Waals surface area (Å²) in [5, 5.41) is 9.33. The lowest BCUT2D eigenvalue weighted by molar-refractivity contribution is -0.137. The van der Waals surface area contributed by atoms with E-state index in [1.165, 1.54) is 0 Å². The van der Waals surface area contributed by atoms with Gasteiger partial charge in [-0.1, -0.05) is 18.5 Å². The molecule has 3 N–H and O–H groups in total. The second kappa shape index (κ2) is 6.33. The molecule has 1 unspecified atom stereocenters. The molecule has 1 aliphatic rings. The van der Waals surface area contributed by atoms with Crippen LogP contribution in [0.25, 0.3) is 0 Å². The molecule has 0 saturated heterocycles. The summed E-state index contributed by atoms with van der Waals surface area (Å²) in [5.74, 6) is 0.295. The number of carboxylic acids is 1. The van der Waals surface area contributed by atoms with Gasteiger partial charge in [0.2, 0.25) is 0 Å². The molecule has 0 aliphatic carbocycles. The SMILES string of the molecule is CCc1c2c(cc(Cl)c1C(N)CC(=O)O)OCCCO2. The summed E-state index contributed by atoms with van der Waals surface area (Å²) in [6.45, 7) is 3.10. The minimum Gasteiger partial charge on any atom is -0.489 e. The Kier molecular flexibility index (Phi) is 4.73. The van der Waals surface area contributed by atoms with Crippen molar-refractivity contribution in [2.45, 2.75) is 32.2 Å². The van der Waals surface area contributed by atoms with E-state index in [0.717, 1.165) is 12.0 Å². The molecule has 0 spiro atoms. The lowest BCUT2D eigenvalue weighted by atomic mass is 9.95. The predicted octanol–water partition coefficient (Wildman–Crippen LogP) is 2.54. The van der Waals surface area contributed by atoms with E-state index in [-0.39, 0.29) is 6.42 Å². The van der Waals surface area contributed by atoms with Crippen LogP contribution >= 0.6 is 11.6 Å². The Morgan fingerprint density at radius 1 is 1.50 bits per heavy atom. The minimum atomic E-state index is -0.956. The van der Waals surface area contributed by atoms with E-state index in [2.05, 4.69) is 0 Å². The van der Waals surface area contributed by atoms with E-state index >= 15 is 0 Å². The van der Waals surface area contributed by atoms with Gasteiger partial charge in [0, 0.05) is 29.1 Å². The van der Waals surface area contributed by atoms with Crippen LogP contribution in [0.4, 0.5) is 0 Å². The number of aliphatic carboxylic acids is 1. The van der Waals surface area contributed by atoms with Crippen molar-refractivity contribution in [3.63, 3.8) is 0 Å². The van der Waals surface area contributed by atoms with Crippen molar-refractivity contribution in [2.75, 3.05) is 13.2 Å². The third-order valence-corrected chi connectivity index (χ3v) is 3.56. The summed E-state index contributed by atoms with van der Waals surface area (Å²) < 4.78 is 11.4. The molecule has 0 bridgehead atoms. The maximum atomic E-state index is 10.9. The summed E-state index contributed by atoms with van der Waals surface area (Å²) in [5.41, 5.74) is 7.46. The average Bonchev–Trinajstić information content (AvgIpc) is 2.60. The monoisotopic (exact) mass is 299 g/mol. The number of rotatable bonds is 4. The van der Waals surface area contributed by atoms with Gasteiger partial charge in [-0.3, -0.25) is 4.79 Å². The van der Waals surface area contributed by atoms with Crippen LogP contribution in [0, 0.1) is 0 Å². The quantitative estimate of drug-likeness (QED) is 0.893. The van der Waals surface area contributed by atoms with Gasteiger partial charge in [-0.15, -0.1) is 0 Å². The number of halogens is 1. The van der Waals surface area contributed by atoms with Crippen LogP contribution in [0.1, 0.15) is 36.9 Å². The molecule has 1 atom stereocenters. The topological polar surface area (TPSA) is 81.8 Å². The van der Waals surface area contributed by atoms with Gasteiger partial charge in [0.05, 0.1) is 19.6 Å². The molecular weight excluding hydrogens is 282 g/mol.